The van der Waals surface area contributed by atoms with E-state index in [-0.39, 0.29) is 11.6 Å². The molecule has 2 aromatic rings. The molecule has 0 bridgehead atoms. The smallest absolute Gasteiger partial charge is 0.266 e. The van der Waals surface area contributed by atoms with Crippen LogP contribution in [0.4, 0.5) is 5.82 Å². The Morgan fingerprint density at radius 2 is 2.11 bits per heavy atom. The summed E-state index contributed by atoms with van der Waals surface area (Å²) in [5, 5.41) is 3.09. The molecule has 1 unspecified atom stereocenters. The van der Waals surface area contributed by atoms with Crippen molar-refractivity contribution in [2.75, 3.05) is 11.9 Å². The van der Waals surface area contributed by atoms with Crippen LogP contribution in [0.3, 0.4) is 0 Å². The maximum absolute atomic E-state index is 11.4. The molecular formula is C12H13IN4O. The fourth-order valence-corrected chi connectivity index (χ4v) is 2.02. The zero-order valence-electron chi connectivity index (χ0n) is 9.56. The third kappa shape index (κ3) is 3.08. The first-order chi connectivity index (χ1) is 8.68. The van der Waals surface area contributed by atoms with Gasteiger partial charge in [0.1, 0.15) is 9.39 Å². The Bertz CT molecular complexity index is 570. The number of anilines is 1. The highest BCUT2D eigenvalue weighted by atomic mass is 127. The van der Waals surface area contributed by atoms with E-state index in [0.29, 0.717) is 15.9 Å². The Morgan fingerprint density at radius 1 is 1.39 bits per heavy atom. The van der Waals surface area contributed by atoms with Gasteiger partial charge in [0.05, 0.1) is 6.33 Å². The summed E-state index contributed by atoms with van der Waals surface area (Å²) in [6.45, 7) is 0.524. The van der Waals surface area contributed by atoms with Gasteiger partial charge in [0.15, 0.2) is 0 Å². The Kier molecular flexibility index (Phi) is 4.32. The van der Waals surface area contributed by atoms with E-state index in [1.165, 1.54) is 6.33 Å². The van der Waals surface area contributed by atoms with Crippen LogP contribution in [0.1, 0.15) is 11.6 Å². The molecule has 4 N–H and O–H groups in total. The summed E-state index contributed by atoms with van der Waals surface area (Å²) in [7, 11) is 0. The number of nitrogens with one attached hydrogen (secondary N) is 2. The number of nitrogens with two attached hydrogens (primary N) is 1. The van der Waals surface area contributed by atoms with Gasteiger partial charge in [0, 0.05) is 12.6 Å². The first-order valence-corrected chi connectivity index (χ1v) is 6.54. The van der Waals surface area contributed by atoms with Crippen molar-refractivity contribution in [3.8, 4) is 0 Å². The van der Waals surface area contributed by atoms with Gasteiger partial charge in [0.2, 0.25) is 0 Å². The average molecular weight is 356 g/mol. The minimum absolute atomic E-state index is 0.136. The van der Waals surface area contributed by atoms with E-state index in [4.69, 9.17) is 5.73 Å². The zero-order chi connectivity index (χ0) is 13.0. The highest BCUT2D eigenvalue weighted by molar-refractivity contribution is 14.1. The maximum atomic E-state index is 11.4. The molecule has 18 heavy (non-hydrogen) atoms. The van der Waals surface area contributed by atoms with Crippen LogP contribution < -0.4 is 16.6 Å². The molecule has 1 atom stereocenters. The second kappa shape index (κ2) is 5.96. The third-order valence-corrected chi connectivity index (χ3v) is 3.51. The number of nitrogens with zero attached hydrogens (tertiary/aromatic N) is 1. The summed E-state index contributed by atoms with van der Waals surface area (Å²) < 4.78 is 0.537. The molecule has 0 saturated heterocycles. The largest absolute Gasteiger partial charge is 0.367 e. The van der Waals surface area contributed by atoms with Crippen LogP contribution in [-0.2, 0) is 0 Å². The van der Waals surface area contributed by atoms with Gasteiger partial charge in [0.25, 0.3) is 5.56 Å². The van der Waals surface area contributed by atoms with E-state index in [0.717, 1.165) is 5.56 Å². The number of aromatic nitrogens is 2. The molecule has 1 aromatic heterocycles. The predicted molar refractivity (Wildman–Crippen MR) is 79.4 cm³/mol. The molecule has 0 radical (unpaired) electrons. The van der Waals surface area contributed by atoms with Crippen LogP contribution in [-0.4, -0.2) is 16.5 Å². The van der Waals surface area contributed by atoms with Gasteiger partial charge in [-0.25, -0.2) is 4.98 Å². The van der Waals surface area contributed by atoms with Gasteiger partial charge in [-0.3, -0.25) is 4.79 Å². The van der Waals surface area contributed by atoms with Crippen LogP contribution in [0.5, 0.6) is 0 Å². The molecule has 6 heteroatoms. The van der Waals surface area contributed by atoms with Crippen molar-refractivity contribution in [3.63, 3.8) is 0 Å². The summed E-state index contributed by atoms with van der Waals surface area (Å²) in [5.41, 5.74) is 6.95. The quantitative estimate of drug-likeness (QED) is 0.725. The zero-order valence-corrected chi connectivity index (χ0v) is 11.7. The van der Waals surface area contributed by atoms with E-state index in [1.807, 2.05) is 52.9 Å². The molecule has 0 aliphatic rings. The molecule has 0 amide bonds. The molecule has 0 spiro atoms. The number of halogens is 1. The molecule has 94 valence electrons. The first kappa shape index (κ1) is 13.0. The van der Waals surface area contributed by atoms with Crippen molar-refractivity contribution in [3.05, 3.63) is 56.1 Å². The van der Waals surface area contributed by atoms with Crippen molar-refractivity contribution >= 4 is 28.4 Å². The SMILES string of the molecule is NC(CNc1nc[nH]c(=O)c1I)c1ccccc1. The van der Waals surface area contributed by atoms with Gasteiger partial charge in [-0.05, 0) is 28.2 Å². The van der Waals surface area contributed by atoms with Crippen LogP contribution in [0.2, 0.25) is 0 Å². The summed E-state index contributed by atoms with van der Waals surface area (Å²) in [5.74, 6) is 0.561. The average Bonchev–Trinajstić information content (AvgIpc) is 2.41. The third-order valence-electron chi connectivity index (χ3n) is 2.51. The predicted octanol–water partition coefficient (Wildman–Crippen LogP) is 1.49. The highest BCUT2D eigenvalue weighted by Crippen LogP contribution is 2.13. The van der Waals surface area contributed by atoms with E-state index in [9.17, 15) is 4.79 Å². The number of rotatable bonds is 4. The lowest BCUT2D eigenvalue weighted by atomic mass is 10.1. The molecule has 2 rings (SSSR count). The number of H-pyrrole nitrogens is 1. The van der Waals surface area contributed by atoms with E-state index in [2.05, 4.69) is 15.3 Å². The minimum atomic E-state index is -0.151. The summed E-state index contributed by atoms with van der Waals surface area (Å²) in [6.07, 6.45) is 1.38. The fraction of sp³-hybridized carbons (Fsp3) is 0.167. The van der Waals surface area contributed by atoms with Crippen molar-refractivity contribution in [2.24, 2.45) is 5.73 Å². The van der Waals surface area contributed by atoms with Crippen molar-refractivity contribution in [2.45, 2.75) is 6.04 Å². The molecule has 0 aliphatic carbocycles. The lowest BCUT2D eigenvalue weighted by Gasteiger charge is -2.13. The molecular weight excluding hydrogens is 343 g/mol. The first-order valence-electron chi connectivity index (χ1n) is 5.46. The molecule has 5 nitrogen and oxygen atoms in total. The number of benzene rings is 1. The van der Waals surface area contributed by atoms with Gasteiger partial charge >= 0.3 is 0 Å². The van der Waals surface area contributed by atoms with Crippen LogP contribution in [0, 0.1) is 3.57 Å². The van der Waals surface area contributed by atoms with Crippen LogP contribution in [0.15, 0.2) is 41.5 Å². The molecule has 1 aromatic carbocycles. The second-order valence-corrected chi connectivity index (χ2v) is 4.87. The van der Waals surface area contributed by atoms with E-state index in [1.54, 1.807) is 0 Å². The molecule has 0 fully saturated rings. The van der Waals surface area contributed by atoms with Crippen molar-refractivity contribution in [1.29, 1.82) is 0 Å². The number of hydrogen-bond donors (Lipinski definition) is 3. The van der Waals surface area contributed by atoms with Gasteiger partial charge < -0.3 is 16.0 Å². The van der Waals surface area contributed by atoms with Crippen LogP contribution >= 0.6 is 22.6 Å². The number of hydrogen-bond acceptors (Lipinski definition) is 4. The summed E-state index contributed by atoms with van der Waals surface area (Å²) >= 11 is 1.96. The maximum Gasteiger partial charge on any atom is 0.266 e. The van der Waals surface area contributed by atoms with E-state index < -0.39 is 0 Å². The Morgan fingerprint density at radius 3 is 2.83 bits per heavy atom. The fourth-order valence-electron chi connectivity index (χ4n) is 1.53. The lowest BCUT2D eigenvalue weighted by Crippen LogP contribution is -2.23. The lowest BCUT2D eigenvalue weighted by molar-refractivity contribution is 0.760. The standard InChI is InChI=1S/C12H13IN4O/c13-10-11(16-7-17-12(10)18)15-6-9(14)8-4-2-1-3-5-8/h1-5,7,9H,6,14H2,(H2,15,16,17,18). The van der Waals surface area contributed by atoms with Gasteiger partial charge in [-0.1, -0.05) is 30.3 Å². The minimum Gasteiger partial charge on any atom is -0.367 e. The van der Waals surface area contributed by atoms with Crippen LogP contribution in [0.25, 0.3) is 0 Å². The topological polar surface area (TPSA) is 83.8 Å². The van der Waals surface area contributed by atoms with Crippen molar-refractivity contribution in [1.82, 2.24) is 9.97 Å². The molecule has 0 saturated carbocycles. The normalized spacial score (nSPS) is 12.1. The Balaban J connectivity index is 2.04. The second-order valence-electron chi connectivity index (χ2n) is 3.79. The monoisotopic (exact) mass is 356 g/mol. The molecule has 1 heterocycles. The highest BCUT2D eigenvalue weighted by Gasteiger charge is 2.08. The molecule has 0 aliphatic heterocycles. The summed E-state index contributed by atoms with van der Waals surface area (Å²) in [6, 6.07) is 9.66. The number of aromatic amines is 1. The Labute approximate surface area is 118 Å². The van der Waals surface area contributed by atoms with E-state index >= 15 is 0 Å². The summed E-state index contributed by atoms with van der Waals surface area (Å²) in [4.78, 5) is 18.0. The Hall–Kier alpha value is -1.41. The van der Waals surface area contributed by atoms with Crippen molar-refractivity contribution < 1.29 is 0 Å². The van der Waals surface area contributed by atoms with Gasteiger partial charge in [-0.15, -0.1) is 0 Å². The van der Waals surface area contributed by atoms with Gasteiger partial charge in [-0.2, -0.15) is 0 Å².